The predicted molar refractivity (Wildman–Crippen MR) is 187 cm³/mol. The Morgan fingerprint density at radius 3 is 2.34 bits per heavy atom. The van der Waals surface area contributed by atoms with E-state index in [1.807, 2.05) is 0 Å². The summed E-state index contributed by atoms with van der Waals surface area (Å²) in [5, 5.41) is 15.9. The van der Waals surface area contributed by atoms with Crippen molar-refractivity contribution in [2.24, 2.45) is 0 Å². The minimum absolute atomic E-state index is 0. The number of hydrogen-bond donors (Lipinski definition) is 2. The van der Waals surface area contributed by atoms with Crippen molar-refractivity contribution >= 4 is 40.3 Å². The number of ether oxygens (including phenoxy) is 1. The number of para-hydroxylation sites is 1. The highest BCUT2D eigenvalue weighted by molar-refractivity contribution is 6.02. The van der Waals surface area contributed by atoms with Crippen molar-refractivity contribution in [3.8, 4) is 5.69 Å². The van der Waals surface area contributed by atoms with Crippen LogP contribution in [0.2, 0.25) is 0 Å². The van der Waals surface area contributed by atoms with Gasteiger partial charge in [0.05, 0.1) is 55.2 Å². The summed E-state index contributed by atoms with van der Waals surface area (Å²) in [6.07, 6.45) is 2.36. The Bertz CT molecular complexity index is 2080. The molecule has 0 radical (unpaired) electrons. The molecular weight excluding hydrogens is 647 g/mol. The molecule has 1 saturated heterocycles. The van der Waals surface area contributed by atoms with Gasteiger partial charge in [-0.2, -0.15) is 15.0 Å². The Balaban J connectivity index is 0.00000302. The number of fused-ring (bicyclic) bond motifs is 1. The molecule has 1 unspecified atom stereocenters. The van der Waals surface area contributed by atoms with Gasteiger partial charge in [0.2, 0.25) is 5.91 Å². The summed E-state index contributed by atoms with van der Waals surface area (Å²) in [5.41, 5.74) is 1.49. The molecule has 2 aromatic heterocycles. The van der Waals surface area contributed by atoms with Gasteiger partial charge in [0.15, 0.2) is 5.82 Å². The summed E-state index contributed by atoms with van der Waals surface area (Å²) in [6, 6.07) is 17.1. The lowest BCUT2D eigenvalue weighted by atomic mass is 10.1. The van der Waals surface area contributed by atoms with Crippen LogP contribution in [0.3, 0.4) is 0 Å². The summed E-state index contributed by atoms with van der Waals surface area (Å²) in [6.45, 7) is 4.37. The topological polar surface area (TPSA) is 160 Å². The van der Waals surface area contributed by atoms with Gasteiger partial charge in [0, 0.05) is 27.3 Å². The first kappa shape index (κ1) is 33.6. The summed E-state index contributed by atoms with van der Waals surface area (Å²) in [4.78, 5) is 62.6. The average molecular weight is 687 g/mol. The second kappa shape index (κ2) is 14.4. The molecular formula is C34H39FN10O5. The molecule has 50 heavy (non-hydrogen) atoms. The van der Waals surface area contributed by atoms with E-state index in [0.29, 0.717) is 28.0 Å². The number of aromatic nitrogens is 5. The van der Waals surface area contributed by atoms with Crippen molar-refractivity contribution in [1.82, 2.24) is 34.9 Å². The van der Waals surface area contributed by atoms with Crippen molar-refractivity contribution in [3.05, 3.63) is 107 Å². The van der Waals surface area contributed by atoms with Gasteiger partial charge < -0.3 is 25.3 Å². The Morgan fingerprint density at radius 2 is 1.64 bits per heavy atom. The van der Waals surface area contributed by atoms with E-state index in [2.05, 4.69) is 25.6 Å². The number of urea groups is 1. The van der Waals surface area contributed by atoms with Gasteiger partial charge in [-0.25, -0.2) is 23.6 Å². The van der Waals surface area contributed by atoms with Gasteiger partial charge >= 0.3 is 12.1 Å². The molecule has 3 aromatic carbocycles. The summed E-state index contributed by atoms with van der Waals surface area (Å²) >= 11 is 0. The second-order valence-corrected chi connectivity index (χ2v) is 11.6. The van der Waals surface area contributed by atoms with E-state index in [1.165, 1.54) is 58.1 Å². The zero-order chi connectivity index (χ0) is 35.4. The largest absolute Gasteiger partial charge is 0.453 e. The van der Waals surface area contributed by atoms with Gasteiger partial charge in [-0.15, -0.1) is 0 Å². The van der Waals surface area contributed by atoms with Crippen LogP contribution in [0.1, 0.15) is 28.6 Å². The molecule has 262 valence electrons. The fraction of sp³-hybridized carbons (Fsp3) is 0.265. The molecule has 1 aliphatic rings. The zero-order valence-corrected chi connectivity index (χ0v) is 27.6. The monoisotopic (exact) mass is 686 g/mol. The van der Waals surface area contributed by atoms with Crippen LogP contribution in [0.4, 0.5) is 25.4 Å². The minimum atomic E-state index is -0.850. The summed E-state index contributed by atoms with van der Waals surface area (Å²) < 4.78 is 19.8. The zero-order valence-electron chi connectivity index (χ0n) is 27.6. The normalized spacial score (nSPS) is 14.2. The third-order valence-corrected chi connectivity index (χ3v) is 8.35. The summed E-state index contributed by atoms with van der Waals surface area (Å²) in [5.74, 6) is -0.470. The molecule has 2 atom stereocenters. The first-order valence-electron chi connectivity index (χ1n) is 15.9. The number of alkyl carbamates (subject to hydrolysis) is 1. The average Bonchev–Trinajstić information content (AvgIpc) is 3.68. The third-order valence-electron chi connectivity index (χ3n) is 8.35. The maximum absolute atomic E-state index is 14.3. The van der Waals surface area contributed by atoms with Crippen LogP contribution in [0.25, 0.3) is 16.6 Å². The second-order valence-electron chi connectivity index (χ2n) is 11.6. The predicted octanol–water partition coefficient (Wildman–Crippen LogP) is 3.93. The van der Waals surface area contributed by atoms with Crippen LogP contribution in [0, 0.1) is 5.82 Å². The molecule has 0 saturated carbocycles. The first-order chi connectivity index (χ1) is 24.1. The molecule has 4 amide bonds. The van der Waals surface area contributed by atoms with E-state index in [9.17, 15) is 23.6 Å². The Morgan fingerprint density at radius 1 is 0.940 bits per heavy atom. The fourth-order valence-electron chi connectivity index (χ4n) is 5.84. The number of methoxy groups -OCH3 is 1. The van der Waals surface area contributed by atoms with E-state index in [1.54, 1.807) is 72.3 Å². The molecule has 0 bridgehead atoms. The van der Waals surface area contributed by atoms with Crippen LogP contribution in [0.15, 0.2) is 90.0 Å². The van der Waals surface area contributed by atoms with Crippen molar-refractivity contribution < 1.29 is 26.4 Å². The Kier molecular flexibility index (Phi) is 9.69. The number of carbonyl (C=O) groups excluding carboxylic acids is 3. The number of amides is 4. The number of hydrogen-bond acceptors (Lipinski definition) is 9. The molecule has 3 heterocycles. The molecule has 0 aliphatic carbocycles. The van der Waals surface area contributed by atoms with Gasteiger partial charge in [-0.1, -0.05) is 18.2 Å². The van der Waals surface area contributed by atoms with E-state index >= 15 is 0 Å². The smallest absolute Gasteiger partial charge is 0.407 e. The van der Waals surface area contributed by atoms with Crippen molar-refractivity contribution in [2.75, 3.05) is 48.5 Å². The molecule has 5 aromatic rings. The molecule has 1 aliphatic heterocycles. The fourth-order valence-corrected chi connectivity index (χ4v) is 5.84. The molecule has 6 rings (SSSR count). The minimum Gasteiger partial charge on any atom is -0.453 e. The van der Waals surface area contributed by atoms with Crippen molar-refractivity contribution in [3.63, 3.8) is 0 Å². The quantitative estimate of drug-likeness (QED) is 0.247. The SMILES string of the molecule is COC(=O)N[C@@H](C)C(=O)N1CCN(n2c(C(C)N(C(=O)Nc3ccc(F)cc3)c3cccc(-n4nccn4)c3)nc3ccccc3c2=O)CC1.[HH].[HH]. The van der Waals surface area contributed by atoms with Crippen LogP contribution >= 0.6 is 0 Å². The van der Waals surface area contributed by atoms with Crippen LogP contribution in [-0.4, -0.2) is 86.9 Å². The lowest BCUT2D eigenvalue weighted by Crippen LogP contribution is -2.59. The Labute approximate surface area is 288 Å². The van der Waals surface area contributed by atoms with Gasteiger partial charge in [0.1, 0.15) is 11.9 Å². The van der Waals surface area contributed by atoms with E-state index in [0.717, 1.165) is 0 Å². The van der Waals surface area contributed by atoms with Crippen molar-refractivity contribution in [2.45, 2.75) is 25.9 Å². The highest BCUT2D eigenvalue weighted by Gasteiger charge is 2.32. The lowest BCUT2D eigenvalue weighted by Gasteiger charge is -2.39. The van der Waals surface area contributed by atoms with Crippen LogP contribution in [-0.2, 0) is 9.53 Å². The van der Waals surface area contributed by atoms with E-state index in [-0.39, 0.29) is 46.3 Å². The number of anilines is 2. The third kappa shape index (κ3) is 6.94. The first-order valence-corrected chi connectivity index (χ1v) is 15.9. The van der Waals surface area contributed by atoms with Crippen molar-refractivity contribution in [1.29, 1.82) is 0 Å². The lowest BCUT2D eigenvalue weighted by molar-refractivity contribution is -0.133. The van der Waals surface area contributed by atoms with E-state index < -0.39 is 30.0 Å². The Hall–Kier alpha value is -6.32. The number of benzene rings is 3. The highest BCUT2D eigenvalue weighted by Crippen LogP contribution is 2.29. The maximum Gasteiger partial charge on any atom is 0.407 e. The number of halogens is 1. The maximum atomic E-state index is 14.3. The number of nitrogens with one attached hydrogen (secondary N) is 2. The number of nitrogens with zero attached hydrogens (tertiary/aromatic N) is 8. The molecule has 2 N–H and O–H groups in total. The molecule has 15 nitrogen and oxygen atoms in total. The van der Waals surface area contributed by atoms with Gasteiger partial charge in [0.25, 0.3) is 5.56 Å². The van der Waals surface area contributed by atoms with Gasteiger partial charge in [-0.05, 0) is 68.4 Å². The molecule has 1 fully saturated rings. The van der Waals surface area contributed by atoms with E-state index in [4.69, 9.17) is 4.98 Å². The number of rotatable bonds is 8. The highest BCUT2D eigenvalue weighted by atomic mass is 19.1. The van der Waals surface area contributed by atoms with Gasteiger partial charge in [-0.3, -0.25) is 14.5 Å². The number of carbonyl (C=O) groups is 3. The van der Waals surface area contributed by atoms with Crippen LogP contribution in [0.5, 0.6) is 0 Å². The molecule has 0 spiro atoms. The standard InChI is InChI=1S/C34H35FN10O5.2H2/c1-22(38-34(49)50-3)31(46)41-17-19-42(20-18-41)44-30(40-29-10-5-4-9-28(29)32(44)47)23(2)43(33(48)39-25-13-11-24(35)12-14-25)26-7-6-8-27(21-26)45-36-15-16-37-45;;/h4-16,21-23H,17-20H2,1-3H3,(H,38,49)(H,39,48);2*1H/t22-,23?;;/m0../s1. The molecule has 16 heteroatoms. The summed E-state index contributed by atoms with van der Waals surface area (Å²) in [7, 11) is 1.22. The van der Waals surface area contributed by atoms with Crippen LogP contribution < -0.4 is 26.1 Å². The number of piperazine rings is 1.